The highest BCUT2D eigenvalue weighted by Gasteiger charge is 2.51. The Bertz CT molecular complexity index is 1270. The van der Waals surface area contributed by atoms with Crippen LogP contribution in [0, 0.1) is 18.8 Å². The maximum Gasteiger partial charge on any atom is 0.257 e. The maximum atomic E-state index is 13.5. The standard InChI is InChI=1S/C28H25ClN2O3/c1-17-11-13-20(29)16-24(17)30-26(32)22-9-5-6-10-25(22)31-27(33)21-14-12-19(15-23(21)28(31)34)18-7-3-2-4-8-18/h2-11,13,16,19,21,23H,12,14-15H2,1H3,(H,30,32)/t19-,21-,23-/m1/s1. The number of nitrogens with one attached hydrogen (secondary N) is 1. The van der Waals surface area contributed by atoms with E-state index in [4.69, 9.17) is 11.6 Å². The number of rotatable bonds is 4. The average molecular weight is 473 g/mol. The minimum absolute atomic E-state index is 0.208. The lowest BCUT2D eigenvalue weighted by Gasteiger charge is -2.28. The van der Waals surface area contributed by atoms with Crippen LogP contribution >= 0.6 is 11.6 Å². The van der Waals surface area contributed by atoms with Gasteiger partial charge in [0.25, 0.3) is 5.91 Å². The smallest absolute Gasteiger partial charge is 0.257 e. The van der Waals surface area contributed by atoms with Crippen molar-refractivity contribution < 1.29 is 14.4 Å². The Morgan fingerprint density at radius 3 is 2.41 bits per heavy atom. The molecule has 3 atom stereocenters. The van der Waals surface area contributed by atoms with Gasteiger partial charge >= 0.3 is 0 Å². The molecule has 1 saturated carbocycles. The number of carbonyl (C=O) groups excluding carboxylic acids is 3. The molecule has 34 heavy (non-hydrogen) atoms. The summed E-state index contributed by atoms with van der Waals surface area (Å²) in [4.78, 5) is 41.4. The molecule has 5 nitrogen and oxygen atoms in total. The first-order chi connectivity index (χ1) is 16.4. The van der Waals surface area contributed by atoms with Gasteiger partial charge in [0.2, 0.25) is 11.8 Å². The fourth-order valence-corrected chi connectivity index (χ4v) is 5.40. The summed E-state index contributed by atoms with van der Waals surface area (Å²) < 4.78 is 0. The maximum absolute atomic E-state index is 13.5. The molecule has 1 aliphatic heterocycles. The van der Waals surface area contributed by atoms with Crippen molar-refractivity contribution in [2.45, 2.75) is 32.1 Å². The molecule has 1 saturated heterocycles. The third kappa shape index (κ3) is 4.01. The second-order valence-electron chi connectivity index (χ2n) is 9.08. The summed E-state index contributed by atoms with van der Waals surface area (Å²) in [5.41, 5.74) is 3.27. The molecule has 6 heteroatoms. The molecule has 3 amide bonds. The first-order valence-electron chi connectivity index (χ1n) is 11.5. The molecular weight excluding hydrogens is 448 g/mol. The zero-order chi connectivity index (χ0) is 23.8. The molecule has 1 heterocycles. The highest BCUT2D eigenvalue weighted by molar-refractivity contribution is 6.31. The Labute approximate surface area is 203 Å². The molecule has 2 aliphatic rings. The van der Waals surface area contributed by atoms with Crippen molar-refractivity contribution in [2.75, 3.05) is 10.2 Å². The van der Waals surface area contributed by atoms with Gasteiger partial charge in [0.15, 0.2) is 0 Å². The van der Waals surface area contributed by atoms with Crippen molar-refractivity contribution in [3.63, 3.8) is 0 Å². The van der Waals surface area contributed by atoms with Gasteiger partial charge in [0.1, 0.15) is 0 Å². The molecule has 1 N–H and O–H groups in total. The van der Waals surface area contributed by atoms with Gasteiger partial charge in [-0.1, -0.05) is 60.1 Å². The summed E-state index contributed by atoms with van der Waals surface area (Å²) >= 11 is 6.10. The summed E-state index contributed by atoms with van der Waals surface area (Å²) in [7, 11) is 0. The van der Waals surface area contributed by atoms with E-state index in [9.17, 15) is 14.4 Å². The van der Waals surface area contributed by atoms with E-state index in [2.05, 4.69) is 17.4 Å². The lowest BCUT2D eigenvalue weighted by molar-refractivity contribution is -0.122. The monoisotopic (exact) mass is 472 g/mol. The van der Waals surface area contributed by atoms with E-state index in [1.165, 1.54) is 10.5 Å². The number of hydrogen-bond donors (Lipinski definition) is 1. The van der Waals surface area contributed by atoms with Crippen LogP contribution in [0.3, 0.4) is 0 Å². The van der Waals surface area contributed by atoms with E-state index in [0.717, 1.165) is 12.0 Å². The number of benzene rings is 3. The minimum Gasteiger partial charge on any atom is -0.322 e. The van der Waals surface area contributed by atoms with E-state index < -0.39 is 5.91 Å². The van der Waals surface area contributed by atoms with Crippen LogP contribution < -0.4 is 10.2 Å². The second kappa shape index (κ2) is 9.07. The summed E-state index contributed by atoms with van der Waals surface area (Å²) in [5, 5.41) is 3.39. The normalized spacial score (nSPS) is 21.9. The number of imide groups is 1. The number of amides is 3. The Morgan fingerprint density at radius 2 is 1.62 bits per heavy atom. The highest BCUT2D eigenvalue weighted by Crippen LogP contribution is 2.46. The van der Waals surface area contributed by atoms with Gasteiger partial charge in [-0.15, -0.1) is 0 Å². The topological polar surface area (TPSA) is 66.5 Å². The Hall–Kier alpha value is -3.44. The van der Waals surface area contributed by atoms with Crippen LogP contribution in [0.4, 0.5) is 11.4 Å². The number of anilines is 2. The number of aryl methyl sites for hydroxylation is 1. The van der Waals surface area contributed by atoms with Gasteiger partial charge in [-0.2, -0.15) is 0 Å². The van der Waals surface area contributed by atoms with Crippen molar-refractivity contribution in [3.8, 4) is 0 Å². The fraction of sp³-hybridized carbons (Fsp3) is 0.250. The van der Waals surface area contributed by atoms with Gasteiger partial charge in [0.05, 0.1) is 23.1 Å². The van der Waals surface area contributed by atoms with Crippen molar-refractivity contribution in [3.05, 3.63) is 94.5 Å². The molecule has 0 aromatic heterocycles. The van der Waals surface area contributed by atoms with Crippen molar-refractivity contribution >= 4 is 40.7 Å². The van der Waals surface area contributed by atoms with Crippen molar-refractivity contribution in [2.24, 2.45) is 11.8 Å². The van der Waals surface area contributed by atoms with Crippen LogP contribution in [0.1, 0.15) is 46.7 Å². The molecule has 2 fully saturated rings. The van der Waals surface area contributed by atoms with Crippen LogP contribution in [0.2, 0.25) is 5.02 Å². The average Bonchev–Trinajstić information content (AvgIpc) is 3.11. The van der Waals surface area contributed by atoms with Gasteiger partial charge in [0, 0.05) is 10.7 Å². The van der Waals surface area contributed by atoms with E-state index >= 15 is 0 Å². The summed E-state index contributed by atoms with van der Waals surface area (Å²) in [5.74, 6) is -1.26. The molecule has 0 spiro atoms. The number of para-hydroxylation sites is 1. The van der Waals surface area contributed by atoms with Crippen molar-refractivity contribution in [1.29, 1.82) is 0 Å². The van der Waals surface area contributed by atoms with Gasteiger partial charge in [-0.05, 0) is 67.5 Å². The highest BCUT2D eigenvalue weighted by atomic mass is 35.5. The molecule has 0 bridgehead atoms. The minimum atomic E-state index is -0.390. The number of halogens is 1. The Kier molecular flexibility index (Phi) is 5.96. The van der Waals surface area contributed by atoms with Crippen LogP contribution in [-0.2, 0) is 9.59 Å². The van der Waals surface area contributed by atoms with Crippen LogP contribution in [0.15, 0.2) is 72.8 Å². The molecule has 172 valence electrons. The van der Waals surface area contributed by atoms with Gasteiger partial charge in [-0.25, -0.2) is 4.90 Å². The largest absolute Gasteiger partial charge is 0.322 e. The van der Waals surface area contributed by atoms with Gasteiger partial charge in [-0.3, -0.25) is 14.4 Å². The number of nitrogens with zero attached hydrogens (tertiary/aromatic N) is 1. The SMILES string of the molecule is Cc1ccc(Cl)cc1NC(=O)c1ccccc1N1C(=O)[C@@H]2CC[C@@H](c3ccccc3)C[C@H]2C1=O. The molecule has 0 unspecified atom stereocenters. The predicted molar refractivity (Wildman–Crippen MR) is 133 cm³/mol. The van der Waals surface area contributed by atoms with Crippen LogP contribution in [-0.4, -0.2) is 17.7 Å². The quantitative estimate of drug-likeness (QED) is 0.475. The van der Waals surface area contributed by atoms with Crippen LogP contribution in [0.5, 0.6) is 0 Å². The van der Waals surface area contributed by atoms with E-state index in [1.54, 1.807) is 36.4 Å². The number of fused-ring (bicyclic) bond motifs is 1. The number of hydrogen-bond acceptors (Lipinski definition) is 3. The van der Waals surface area contributed by atoms with Gasteiger partial charge < -0.3 is 5.32 Å². The lowest BCUT2D eigenvalue weighted by Crippen LogP contribution is -2.33. The predicted octanol–water partition coefficient (Wildman–Crippen LogP) is 5.97. The summed E-state index contributed by atoms with van der Waals surface area (Å²) in [6, 6.07) is 22.2. The first-order valence-corrected chi connectivity index (χ1v) is 11.9. The summed E-state index contributed by atoms with van der Waals surface area (Å²) in [6.45, 7) is 1.87. The van der Waals surface area contributed by atoms with E-state index in [1.807, 2.05) is 31.2 Å². The Morgan fingerprint density at radius 1 is 0.912 bits per heavy atom. The molecule has 3 aromatic carbocycles. The molecule has 5 rings (SSSR count). The molecule has 3 aromatic rings. The van der Waals surface area contributed by atoms with Crippen molar-refractivity contribution in [1.82, 2.24) is 0 Å². The second-order valence-corrected chi connectivity index (χ2v) is 9.51. The molecule has 0 radical (unpaired) electrons. The van der Waals surface area contributed by atoms with E-state index in [-0.39, 0.29) is 35.1 Å². The van der Waals surface area contributed by atoms with E-state index in [0.29, 0.717) is 29.2 Å². The fourth-order valence-electron chi connectivity index (χ4n) is 5.22. The zero-order valence-corrected chi connectivity index (χ0v) is 19.6. The lowest BCUT2D eigenvalue weighted by atomic mass is 9.73. The third-order valence-corrected chi connectivity index (χ3v) is 7.27. The molecule has 1 aliphatic carbocycles. The first kappa shape index (κ1) is 22.4. The zero-order valence-electron chi connectivity index (χ0n) is 18.8. The summed E-state index contributed by atoms with van der Waals surface area (Å²) in [6.07, 6.45) is 2.18. The molecular formula is C28H25ClN2O3. The Balaban J connectivity index is 1.42. The number of carbonyl (C=O) groups is 3. The van der Waals surface area contributed by atoms with Crippen LogP contribution in [0.25, 0.3) is 0 Å². The third-order valence-electron chi connectivity index (χ3n) is 7.03.